The first-order valence-electron chi connectivity index (χ1n) is 5.28. The van der Waals surface area contributed by atoms with Gasteiger partial charge in [-0.15, -0.1) is 0 Å². The topological polar surface area (TPSA) is 29.5 Å². The van der Waals surface area contributed by atoms with E-state index in [2.05, 4.69) is 15.9 Å². The summed E-state index contributed by atoms with van der Waals surface area (Å²) in [6, 6.07) is 0. The molecule has 14 heavy (non-hydrogen) atoms. The predicted molar refractivity (Wildman–Crippen MR) is 57.5 cm³/mol. The molecule has 0 aromatic carbocycles. The Morgan fingerprint density at radius 2 is 2.36 bits per heavy atom. The standard InChI is InChI=1S/C10H16BrNO2/c11-9-3-4-12(10(9)13)6-8-2-1-5-14-7-8/h8-9H,1-7H2. The van der Waals surface area contributed by atoms with E-state index in [-0.39, 0.29) is 10.7 Å². The lowest BCUT2D eigenvalue weighted by atomic mass is 10.0. The molecule has 2 aliphatic rings. The molecule has 0 spiro atoms. The highest BCUT2D eigenvalue weighted by Crippen LogP contribution is 2.22. The van der Waals surface area contributed by atoms with E-state index in [0.717, 1.165) is 39.1 Å². The molecule has 0 saturated carbocycles. The van der Waals surface area contributed by atoms with E-state index < -0.39 is 0 Å². The largest absolute Gasteiger partial charge is 0.381 e. The van der Waals surface area contributed by atoms with E-state index in [1.54, 1.807) is 0 Å². The van der Waals surface area contributed by atoms with E-state index in [9.17, 15) is 4.79 Å². The Hall–Kier alpha value is -0.0900. The van der Waals surface area contributed by atoms with Crippen LogP contribution in [0.1, 0.15) is 19.3 Å². The van der Waals surface area contributed by atoms with Crippen molar-refractivity contribution in [2.24, 2.45) is 5.92 Å². The van der Waals surface area contributed by atoms with Crippen molar-refractivity contribution in [3.05, 3.63) is 0 Å². The van der Waals surface area contributed by atoms with Gasteiger partial charge in [-0.1, -0.05) is 15.9 Å². The normalized spacial score (nSPS) is 33.8. The molecule has 2 aliphatic heterocycles. The third-order valence-electron chi connectivity index (χ3n) is 2.97. The van der Waals surface area contributed by atoms with Gasteiger partial charge in [-0.25, -0.2) is 0 Å². The molecule has 1 amide bonds. The van der Waals surface area contributed by atoms with E-state index in [0.29, 0.717) is 5.92 Å². The van der Waals surface area contributed by atoms with Crippen LogP contribution in [0.25, 0.3) is 0 Å². The lowest BCUT2D eigenvalue weighted by Crippen LogP contribution is -2.35. The molecule has 2 saturated heterocycles. The number of hydrogen-bond acceptors (Lipinski definition) is 2. The van der Waals surface area contributed by atoms with E-state index in [1.165, 1.54) is 6.42 Å². The number of hydrogen-bond donors (Lipinski definition) is 0. The van der Waals surface area contributed by atoms with Gasteiger partial charge in [0.15, 0.2) is 0 Å². The zero-order valence-electron chi connectivity index (χ0n) is 8.25. The number of amides is 1. The Morgan fingerprint density at radius 1 is 1.50 bits per heavy atom. The van der Waals surface area contributed by atoms with Crippen molar-refractivity contribution in [2.45, 2.75) is 24.1 Å². The molecular formula is C10H16BrNO2. The maximum absolute atomic E-state index is 11.6. The van der Waals surface area contributed by atoms with Gasteiger partial charge in [0.1, 0.15) is 0 Å². The molecule has 2 unspecified atom stereocenters. The van der Waals surface area contributed by atoms with Crippen molar-refractivity contribution < 1.29 is 9.53 Å². The Labute approximate surface area is 92.9 Å². The number of carbonyl (C=O) groups is 1. The van der Waals surface area contributed by atoms with Crippen molar-refractivity contribution in [3.63, 3.8) is 0 Å². The molecule has 80 valence electrons. The van der Waals surface area contributed by atoms with Crippen LogP contribution >= 0.6 is 15.9 Å². The summed E-state index contributed by atoms with van der Waals surface area (Å²) in [4.78, 5) is 13.7. The van der Waals surface area contributed by atoms with Gasteiger partial charge in [0.25, 0.3) is 0 Å². The number of ether oxygens (including phenoxy) is 1. The fourth-order valence-electron chi connectivity index (χ4n) is 2.15. The van der Waals surface area contributed by atoms with Gasteiger partial charge in [-0.3, -0.25) is 4.79 Å². The summed E-state index contributed by atoms with van der Waals surface area (Å²) in [5.74, 6) is 0.820. The number of carbonyl (C=O) groups excluding carboxylic acids is 1. The molecule has 0 bridgehead atoms. The molecule has 0 aromatic rings. The van der Waals surface area contributed by atoms with E-state index >= 15 is 0 Å². The average Bonchev–Trinajstić information content (AvgIpc) is 2.52. The minimum absolute atomic E-state index is 0.0620. The smallest absolute Gasteiger partial charge is 0.236 e. The minimum Gasteiger partial charge on any atom is -0.381 e. The Balaban J connectivity index is 1.82. The molecule has 2 heterocycles. The second kappa shape index (κ2) is 4.62. The zero-order chi connectivity index (χ0) is 9.97. The van der Waals surface area contributed by atoms with Gasteiger partial charge in [0.05, 0.1) is 11.4 Å². The lowest BCUT2D eigenvalue weighted by Gasteiger charge is -2.26. The molecule has 3 nitrogen and oxygen atoms in total. The van der Waals surface area contributed by atoms with Crippen LogP contribution in [-0.2, 0) is 9.53 Å². The third kappa shape index (κ3) is 2.28. The monoisotopic (exact) mass is 261 g/mol. The maximum Gasteiger partial charge on any atom is 0.236 e. The Morgan fingerprint density at radius 3 is 2.93 bits per heavy atom. The van der Waals surface area contributed by atoms with Crippen LogP contribution in [0.15, 0.2) is 0 Å². The summed E-state index contributed by atoms with van der Waals surface area (Å²) in [7, 11) is 0. The van der Waals surface area contributed by atoms with Crippen molar-refractivity contribution in [1.29, 1.82) is 0 Å². The van der Waals surface area contributed by atoms with Crippen molar-refractivity contribution in [2.75, 3.05) is 26.3 Å². The third-order valence-corrected chi connectivity index (χ3v) is 3.81. The van der Waals surface area contributed by atoms with E-state index in [4.69, 9.17) is 4.74 Å². The van der Waals surface area contributed by atoms with Gasteiger partial charge in [-0.05, 0) is 25.2 Å². The van der Waals surface area contributed by atoms with Gasteiger partial charge < -0.3 is 9.64 Å². The lowest BCUT2D eigenvalue weighted by molar-refractivity contribution is -0.128. The summed E-state index contributed by atoms with van der Waals surface area (Å²) < 4.78 is 5.40. The number of nitrogens with zero attached hydrogens (tertiary/aromatic N) is 1. The maximum atomic E-state index is 11.6. The number of alkyl halides is 1. The molecule has 0 radical (unpaired) electrons. The SMILES string of the molecule is O=C1C(Br)CCN1CC1CCCOC1. The first kappa shape index (κ1) is 10.4. The van der Waals surface area contributed by atoms with Crippen LogP contribution in [0.2, 0.25) is 0 Å². The highest BCUT2D eigenvalue weighted by molar-refractivity contribution is 9.10. The van der Waals surface area contributed by atoms with Crippen LogP contribution in [-0.4, -0.2) is 41.9 Å². The highest BCUT2D eigenvalue weighted by Gasteiger charge is 2.31. The molecule has 0 N–H and O–H groups in total. The van der Waals surface area contributed by atoms with E-state index in [1.807, 2.05) is 4.90 Å². The number of rotatable bonds is 2. The van der Waals surface area contributed by atoms with Gasteiger partial charge >= 0.3 is 0 Å². The molecular weight excluding hydrogens is 246 g/mol. The molecule has 4 heteroatoms. The number of halogens is 1. The molecule has 2 fully saturated rings. The minimum atomic E-state index is 0.0620. The van der Waals surface area contributed by atoms with Crippen LogP contribution in [0.3, 0.4) is 0 Å². The molecule has 0 aliphatic carbocycles. The average molecular weight is 262 g/mol. The van der Waals surface area contributed by atoms with Gasteiger partial charge in [0, 0.05) is 19.7 Å². The van der Waals surface area contributed by atoms with Crippen molar-refractivity contribution in [3.8, 4) is 0 Å². The highest BCUT2D eigenvalue weighted by atomic mass is 79.9. The fraction of sp³-hybridized carbons (Fsp3) is 0.900. The summed E-state index contributed by atoms with van der Waals surface area (Å²) in [5, 5.41) is 0. The van der Waals surface area contributed by atoms with Crippen LogP contribution < -0.4 is 0 Å². The first-order valence-corrected chi connectivity index (χ1v) is 6.19. The molecule has 2 atom stereocenters. The van der Waals surface area contributed by atoms with Crippen LogP contribution in [0, 0.1) is 5.92 Å². The second-order valence-corrected chi connectivity index (χ2v) is 5.23. The number of likely N-dealkylation sites (tertiary alicyclic amines) is 1. The fourth-order valence-corrected chi connectivity index (χ4v) is 2.64. The molecule has 2 rings (SSSR count). The molecule has 0 aromatic heterocycles. The quantitative estimate of drug-likeness (QED) is 0.704. The summed E-state index contributed by atoms with van der Waals surface area (Å²) in [6.07, 6.45) is 3.30. The Kier molecular flexibility index (Phi) is 3.44. The van der Waals surface area contributed by atoms with Crippen LogP contribution in [0.5, 0.6) is 0 Å². The van der Waals surface area contributed by atoms with Crippen LogP contribution in [0.4, 0.5) is 0 Å². The second-order valence-electron chi connectivity index (χ2n) is 4.12. The summed E-state index contributed by atoms with van der Waals surface area (Å²) in [5.41, 5.74) is 0. The predicted octanol–water partition coefficient (Wildman–Crippen LogP) is 1.41. The van der Waals surface area contributed by atoms with Crippen molar-refractivity contribution >= 4 is 21.8 Å². The van der Waals surface area contributed by atoms with Gasteiger partial charge in [-0.2, -0.15) is 0 Å². The summed E-state index contributed by atoms with van der Waals surface area (Å²) in [6.45, 7) is 3.52. The Bertz CT molecular complexity index is 216. The summed E-state index contributed by atoms with van der Waals surface area (Å²) >= 11 is 3.39. The van der Waals surface area contributed by atoms with Gasteiger partial charge in [0.2, 0.25) is 5.91 Å². The first-order chi connectivity index (χ1) is 6.77. The zero-order valence-corrected chi connectivity index (χ0v) is 9.83. The van der Waals surface area contributed by atoms with Crippen molar-refractivity contribution in [1.82, 2.24) is 4.90 Å².